The van der Waals surface area contributed by atoms with E-state index < -0.39 is 0 Å². The molecule has 0 aliphatic carbocycles. The van der Waals surface area contributed by atoms with Gasteiger partial charge >= 0.3 is 0 Å². The van der Waals surface area contributed by atoms with Gasteiger partial charge in [0, 0.05) is 0 Å². The van der Waals surface area contributed by atoms with E-state index in [1.54, 1.807) is 17.0 Å². The van der Waals surface area contributed by atoms with Crippen molar-refractivity contribution in [2.45, 2.75) is 12.6 Å². The number of rotatable bonds is 2. The highest BCUT2D eigenvalue weighted by Crippen LogP contribution is 2.07. The summed E-state index contributed by atoms with van der Waals surface area (Å²) in [7, 11) is 0. The highest BCUT2D eigenvalue weighted by Gasteiger charge is 2.16. The molecule has 0 spiro atoms. The van der Waals surface area contributed by atoms with Crippen molar-refractivity contribution in [3.05, 3.63) is 40.9 Å². The molecule has 0 radical (unpaired) electrons. The molecule has 1 unspecified atom stereocenters. The Hall–Kier alpha value is -1.72. The SMILES string of the molecule is O=c1c2ccccc2ncn1CC1COCCO1. The van der Waals surface area contributed by atoms with Crippen LogP contribution in [0.1, 0.15) is 0 Å². The fourth-order valence-corrected chi connectivity index (χ4v) is 2.10. The van der Waals surface area contributed by atoms with Crippen LogP contribution in [-0.4, -0.2) is 35.5 Å². The van der Waals surface area contributed by atoms with Gasteiger partial charge in [-0.05, 0) is 12.1 Å². The van der Waals surface area contributed by atoms with Crippen molar-refractivity contribution in [1.82, 2.24) is 9.55 Å². The highest BCUT2D eigenvalue weighted by atomic mass is 16.6. The molecule has 5 heteroatoms. The van der Waals surface area contributed by atoms with Gasteiger partial charge in [-0.3, -0.25) is 9.36 Å². The first kappa shape index (κ1) is 11.4. The van der Waals surface area contributed by atoms with Gasteiger partial charge < -0.3 is 9.47 Å². The summed E-state index contributed by atoms with van der Waals surface area (Å²) in [5, 5.41) is 0.636. The molecule has 0 saturated carbocycles. The zero-order chi connectivity index (χ0) is 12.4. The molecule has 1 fully saturated rings. The van der Waals surface area contributed by atoms with Gasteiger partial charge in [-0.1, -0.05) is 12.1 Å². The fourth-order valence-electron chi connectivity index (χ4n) is 2.10. The summed E-state index contributed by atoms with van der Waals surface area (Å²) in [5.41, 5.74) is 0.689. The minimum atomic E-state index is -0.0700. The number of hydrogen-bond acceptors (Lipinski definition) is 4. The molecule has 1 aliphatic rings. The van der Waals surface area contributed by atoms with Crippen LogP contribution in [0.2, 0.25) is 0 Å². The van der Waals surface area contributed by atoms with E-state index in [-0.39, 0.29) is 11.7 Å². The van der Waals surface area contributed by atoms with Crippen molar-refractivity contribution in [1.29, 1.82) is 0 Å². The Labute approximate surface area is 104 Å². The zero-order valence-corrected chi connectivity index (χ0v) is 9.91. The maximum Gasteiger partial charge on any atom is 0.261 e. The van der Waals surface area contributed by atoms with E-state index in [9.17, 15) is 4.79 Å². The Morgan fingerprint density at radius 3 is 3.06 bits per heavy atom. The predicted molar refractivity (Wildman–Crippen MR) is 66.6 cm³/mol. The number of benzene rings is 1. The Balaban J connectivity index is 1.92. The first-order valence-electron chi connectivity index (χ1n) is 5.98. The number of aromatic nitrogens is 2. The van der Waals surface area contributed by atoms with Crippen LogP contribution in [0.3, 0.4) is 0 Å². The highest BCUT2D eigenvalue weighted by molar-refractivity contribution is 5.76. The van der Waals surface area contributed by atoms with Gasteiger partial charge in [0.15, 0.2) is 0 Å². The Bertz CT molecular complexity index is 602. The van der Waals surface area contributed by atoms with E-state index in [4.69, 9.17) is 9.47 Å². The summed E-state index contributed by atoms with van der Waals surface area (Å²) in [5.74, 6) is 0. The van der Waals surface area contributed by atoms with Gasteiger partial charge in [-0.25, -0.2) is 4.98 Å². The summed E-state index contributed by atoms with van der Waals surface area (Å²) in [4.78, 5) is 16.5. The molecule has 1 atom stereocenters. The smallest absolute Gasteiger partial charge is 0.261 e. The van der Waals surface area contributed by atoms with E-state index in [2.05, 4.69) is 4.98 Å². The second-order valence-corrected chi connectivity index (χ2v) is 4.29. The largest absolute Gasteiger partial charge is 0.376 e. The van der Waals surface area contributed by atoms with Crippen LogP contribution in [0.15, 0.2) is 35.4 Å². The van der Waals surface area contributed by atoms with Gasteiger partial charge in [0.1, 0.15) is 0 Å². The molecule has 3 rings (SSSR count). The standard InChI is InChI=1S/C13H14N2O3/c16-13-11-3-1-2-4-12(11)14-9-15(13)7-10-8-17-5-6-18-10/h1-4,9-10H,5-8H2. The summed E-state index contributed by atoms with van der Waals surface area (Å²) in [6, 6.07) is 7.34. The Morgan fingerprint density at radius 2 is 2.22 bits per heavy atom. The van der Waals surface area contributed by atoms with E-state index in [0.29, 0.717) is 31.8 Å². The van der Waals surface area contributed by atoms with Gasteiger partial charge in [0.05, 0.1) is 49.7 Å². The van der Waals surface area contributed by atoms with Crippen molar-refractivity contribution in [2.75, 3.05) is 19.8 Å². The van der Waals surface area contributed by atoms with Crippen molar-refractivity contribution in [2.24, 2.45) is 0 Å². The molecule has 0 amide bonds. The maximum absolute atomic E-state index is 12.2. The van der Waals surface area contributed by atoms with Gasteiger partial charge in [0.2, 0.25) is 0 Å². The van der Waals surface area contributed by atoms with Crippen LogP contribution < -0.4 is 5.56 Å². The first-order chi connectivity index (χ1) is 8.84. The third-order valence-corrected chi connectivity index (χ3v) is 3.02. The minimum absolute atomic E-state index is 0.0326. The van der Waals surface area contributed by atoms with Crippen LogP contribution >= 0.6 is 0 Å². The topological polar surface area (TPSA) is 53.4 Å². The molecule has 2 heterocycles. The molecular weight excluding hydrogens is 232 g/mol. The molecular formula is C13H14N2O3. The molecule has 1 aromatic carbocycles. The lowest BCUT2D eigenvalue weighted by molar-refractivity contribution is -0.0939. The number of hydrogen-bond donors (Lipinski definition) is 0. The molecule has 0 bridgehead atoms. The average molecular weight is 246 g/mol. The summed E-state index contributed by atoms with van der Waals surface area (Å²) >= 11 is 0. The third kappa shape index (κ3) is 2.14. The van der Waals surface area contributed by atoms with E-state index in [1.807, 2.05) is 18.2 Å². The number of nitrogens with zero attached hydrogens (tertiary/aromatic N) is 2. The van der Waals surface area contributed by atoms with Crippen LogP contribution in [0.4, 0.5) is 0 Å². The normalized spacial score (nSPS) is 20.1. The molecule has 0 N–H and O–H groups in total. The van der Waals surface area contributed by atoms with Gasteiger partial charge in [0.25, 0.3) is 5.56 Å². The van der Waals surface area contributed by atoms with Crippen molar-refractivity contribution < 1.29 is 9.47 Å². The van der Waals surface area contributed by atoms with E-state index in [0.717, 1.165) is 5.52 Å². The lowest BCUT2D eigenvalue weighted by Gasteiger charge is -2.23. The van der Waals surface area contributed by atoms with Crippen LogP contribution in [0, 0.1) is 0 Å². The van der Waals surface area contributed by atoms with E-state index in [1.165, 1.54) is 0 Å². The maximum atomic E-state index is 12.2. The second kappa shape index (κ2) is 4.88. The average Bonchev–Trinajstić information content (AvgIpc) is 2.43. The van der Waals surface area contributed by atoms with Crippen molar-refractivity contribution in [3.8, 4) is 0 Å². The van der Waals surface area contributed by atoms with Gasteiger partial charge in [-0.15, -0.1) is 0 Å². The summed E-state index contributed by atoms with van der Waals surface area (Å²) < 4.78 is 12.4. The molecule has 2 aromatic rings. The van der Waals surface area contributed by atoms with Crippen LogP contribution in [0.5, 0.6) is 0 Å². The Morgan fingerprint density at radius 1 is 1.33 bits per heavy atom. The Kier molecular flexibility index (Phi) is 3.08. The zero-order valence-electron chi connectivity index (χ0n) is 9.91. The van der Waals surface area contributed by atoms with Crippen LogP contribution in [0.25, 0.3) is 10.9 Å². The molecule has 18 heavy (non-hydrogen) atoms. The molecule has 94 valence electrons. The molecule has 1 aliphatic heterocycles. The summed E-state index contributed by atoms with van der Waals surface area (Å²) in [6.07, 6.45) is 1.50. The lowest BCUT2D eigenvalue weighted by atomic mass is 10.2. The number of ether oxygens (including phenoxy) is 2. The number of para-hydroxylation sites is 1. The van der Waals surface area contributed by atoms with Crippen molar-refractivity contribution in [3.63, 3.8) is 0 Å². The molecule has 5 nitrogen and oxygen atoms in total. The lowest BCUT2D eigenvalue weighted by Crippen LogP contribution is -2.35. The van der Waals surface area contributed by atoms with Crippen LogP contribution in [-0.2, 0) is 16.0 Å². The third-order valence-electron chi connectivity index (χ3n) is 3.02. The van der Waals surface area contributed by atoms with E-state index >= 15 is 0 Å². The molecule has 1 saturated heterocycles. The quantitative estimate of drug-likeness (QED) is 0.787. The predicted octanol–water partition coefficient (Wildman–Crippen LogP) is 0.812. The van der Waals surface area contributed by atoms with Gasteiger partial charge in [-0.2, -0.15) is 0 Å². The van der Waals surface area contributed by atoms with Crippen molar-refractivity contribution >= 4 is 10.9 Å². The minimum Gasteiger partial charge on any atom is -0.376 e. The monoisotopic (exact) mass is 246 g/mol. The first-order valence-corrected chi connectivity index (χ1v) is 5.98. The number of fused-ring (bicyclic) bond motifs is 1. The summed E-state index contributed by atoms with van der Waals surface area (Å²) in [6.45, 7) is 2.22. The molecule has 1 aromatic heterocycles. The fraction of sp³-hybridized carbons (Fsp3) is 0.385. The second-order valence-electron chi connectivity index (χ2n) is 4.29.